The van der Waals surface area contributed by atoms with Crippen LogP contribution >= 0.6 is 11.8 Å². The normalized spacial score (nSPS) is 27.0. The van der Waals surface area contributed by atoms with E-state index in [-0.39, 0.29) is 5.91 Å². The highest BCUT2D eigenvalue weighted by Crippen LogP contribution is 2.37. The first-order valence-electron chi connectivity index (χ1n) is 8.20. The Morgan fingerprint density at radius 3 is 2.77 bits per heavy atom. The van der Waals surface area contributed by atoms with E-state index in [0.29, 0.717) is 6.54 Å². The molecule has 1 fully saturated rings. The average Bonchev–Trinajstić information content (AvgIpc) is 2.54. The fourth-order valence-electron chi connectivity index (χ4n) is 3.65. The Morgan fingerprint density at radius 2 is 2.00 bits per heavy atom. The number of carbonyl (C=O) groups excluding carboxylic acids is 1. The van der Waals surface area contributed by atoms with Crippen LogP contribution in [0.5, 0.6) is 0 Å². The fourth-order valence-corrected chi connectivity index (χ4v) is 4.90. The number of rotatable bonds is 3. The minimum Gasteiger partial charge on any atom is -0.388 e. The van der Waals surface area contributed by atoms with Gasteiger partial charge in [0.15, 0.2) is 0 Å². The van der Waals surface area contributed by atoms with Gasteiger partial charge in [0.2, 0.25) is 5.91 Å². The van der Waals surface area contributed by atoms with Crippen LogP contribution in [0.2, 0.25) is 0 Å². The molecule has 1 atom stereocenters. The van der Waals surface area contributed by atoms with Gasteiger partial charge in [-0.15, -0.1) is 0 Å². The number of benzene rings is 1. The van der Waals surface area contributed by atoms with Gasteiger partial charge < -0.3 is 10.4 Å². The lowest BCUT2D eigenvalue weighted by Gasteiger charge is -2.37. The highest BCUT2D eigenvalue weighted by Gasteiger charge is 2.40. The van der Waals surface area contributed by atoms with Crippen LogP contribution < -0.4 is 5.32 Å². The smallest absolute Gasteiger partial charge is 0.230 e. The van der Waals surface area contributed by atoms with E-state index < -0.39 is 11.0 Å². The standard InChI is InChI=1S/C18H25NO2S/c1-17(8-4-6-14-5-2-3-7-15(14)17)16(20)19-13-18(21)9-11-22-12-10-18/h2-3,5,7,21H,4,6,8-13H2,1H3,(H,19,20). The van der Waals surface area contributed by atoms with E-state index in [2.05, 4.69) is 17.4 Å². The van der Waals surface area contributed by atoms with E-state index in [1.807, 2.05) is 30.8 Å². The summed E-state index contributed by atoms with van der Waals surface area (Å²) in [6, 6.07) is 8.28. The van der Waals surface area contributed by atoms with Crippen molar-refractivity contribution in [1.29, 1.82) is 0 Å². The van der Waals surface area contributed by atoms with Crippen molar-refractivity contribution in [3.63, 3.8) is 0 Å². The van der Waals surface area contributed by atoms with Gasteiger partial charge in [0.1, 0.15) is 0 Å². The molecule has 1 aromatic carbocycles. The summed E-state index contributed by atoms with van der Waals surface area (Å²) in [5.41, 5.74) is 1.27. The number of thioether (sulfide) groups is 1. The molecule has 0 radical (unpaired) electrons. The molecule has 1 aliphatic heterocycles. The maximum absolute atomic E-state index is 12.8. The van der Waals surface area contributed by atoms with Crippen molar-refractivity contribution < 1.29 is 9.90 Å². The number of carbonyl (C=O) groups is 1. The Labute approximate surface area is 136 Å². The zero-order valence-electron chi connectivity index (χ0n) is 13.2. The summed E-state index contributed by atoms with van der Waals surface area (Å²) < 4.78 is 0. The van der Waals surface area contributed by atoms with Crippen LogP contribution in [0.3, 0.4) is 0 Å². The predicted octanol–water partition coefficient (Wildman–Crippen LogP) is 2.65. The lowest BCUT2D eigenvalue weighted by atomic mass is 9.70. The van der Waals surface area contributed by atoms with E-state index in [0.717, 1.165) is 49.2 Å². The quantitative estimate of drug-likeness (QED) is 0.900. The summed E-state index contributed by atoms with van der Waals surface area (Å²) in [7, 11) is 0. The molecule has 1 saturated heterocycles. The molecular weight excluding hydrogens is 294 g/mol. The number of aliphatic hydroxyl groups is 1. The molecule has 120 valence electrons. The van der Waals surface area contributed by atoms with Crippen molar-refractivity contribution in [2.24, 2.45) is 0 Å². The number of amides is 1. The molecule has 0 spiro atoms. The topological polar surface area (TPSA) is 49.3 Å². The van der Waals surface area contributed by atoms with Crippen LogP contribution in [0, 0.1) is 0 Å². The molecule has 1 amide bonds. The van der Waals surface area contributed by atoms with E-state index in [4.69, 9.17) is 0 Å². The molecule has 0 aromatic heterocycles. The first-order chi connectivity index (χ1) is 10.5. The predicted molar refractivity (Wildman–Crippen MR) is 91.3 cm³/mol. The highest BCUT2D eigenvalue weighted by molar-refractivity contribution is 7.99. The Hall–Kier alpha value is -1.00. The molecule has 2 aliphatic rings. The molecule has 3 nitrogen and oxygen atoms in total. The van der Waals surface area contributed by atoms with Crippen LogP contribution in [0.1, 0.15) is 43.7 Å². The maximum atomic E-state index is 12.8. The van der Waals surface area contributed by atoms with Gasteiger partial charge in [0, 0.05) is 6.54 Å². The minimum atomic E-state index is -0.717. The van der Waals surface area contributed by atoms with Crippen molar-refractivity contribution in [2.45, 2.75) is 50.0 Å². The Bertz CT molecular complexity index is 554. The summed E-state index contributed by atoms with van der Waals surface area (Å²) in [6.45, 7) is 2.42. The third-order valence-corrected chi connectivity index (χ3v) is 6.22. The van der Waals surface area contributed by atoms with E-state index in [9.17, 15) is 9.90 Å². The zero-order chi connectivity index (χ0) is 15.6. The highest BCUT2D eigenvalue weighted by atomic mass is 32.2. The molecule has 1 aromatic rings. The summed E-state index contributed by atoms with van der Waals surface area (Å²) in [5.74, 6) is 2.02. The first kappa shape index (κ1) is 15.9. The summed E-state index contributed by atoms with van der Waals surface area (Å²) in [5, 5.41) is 13.6. The van der Waals surface area contributed by atoms with Gasteiger partial charge in [0.25, 0.3) is 0 Å². The summed E-state index contributed by atoms with van der Waals surface area (Å²) >= 11 is 1.88. The van der Waals surface area contributed by atoms with Crippen molar-refractivity contribution >= 4 is 17.7 Å². The maximum Gasteiger partial charge on any atom is 0.230 e. The van der Waals surface area contributed by atoms with Crippen LogP contribution in [0.4, 0.5) is 0 Å². The summed E-state index contributed by atoms with van der Waals surface area (Å²) in [6.07, 6.45) is 4.52. The fraction of sp³-hybridized carbons (Fsp3) is 0.611. The Balaban J connectivity index is 1.72. The number of hydrogen-bond donors (Lipinski definition) is 2. The van der Waals surface area contributed by atoms with Gasteiger partial charge in [-0.05, 0) is 61.7 Å². The molecular formula is C18H25NO2S. The molecule has 1 aliphatic carbocycles. The number of hydrogen-bond acceptors (Lipinski definition) is 3. The van der Waals surface area contributed by atoms with Crippen LogP contribution in [0.25, 0.3) is 0 Å². The number of aryl methyl sites for hydroxylation is 1. The van der Waals surface area contributed by atoms with Crippen LogP contribution in [0.15, 0.2) is 24.3 Å². The molecule has 4 heteroatoms. The molecule has 22 heavy (non-hydrogen) atoms. The van der Waals surface area contributed by atoms with Gasteiger partial charge in [-0.1, -0.05) is 24.3 Å². The van der Waals surface area contributed by atoms with Crippen molar-refractivity contribution in [3.8, 4) is 0 Å². The third-order valence-electron chi connectivity index (χ3n) is 5.24. The van der Waals surface area contributed by atoms with Crippen molar-refractivity contribution in [1.82, 2.24) is 5.32 Å². The largest absolute Gasteiger partial charge is 0.388 e. The lowest BCUT2D eigenvalue weighted by molar-refractivity contribution is -0.128. The molecule has 3 rings (SSSR count). The number of nitrogens with one attached hydrogen (secondary N) is 1. The Morgan fingerprint density at radius 1 is 1.27 bits per heavy atom. The molecule has 0 saturated carbocycles. The van der Waals surface area contributed by atoms with Gasteiger partial charge in [-0.25, -0.2) is 0 Å². The SMILES string of the molecule is CC1(C(=O)NCC2(O)CCSCC2)CCCc2ccccc21. The monoisotopic (exact) mass is 319 g/mol. The second kappa shape index (κ2) is 6.25. The van der Waals surface area contributed by atoms with E-state index >= 15 is 0 Å². The van der Waals surface area contributed by atoms with Crippen LogP contribution in [-0.2, 0) is 16.6 Å². The van der Waals surface area contributed by atoms with E-state index in [1.165, 1.54) is 5.56 Å². The van der Waals surface area contributed by atoms with Crippen molar-refractivity contribution in [3.05, 3.63) is 35.4 Å². The third kappa shape index (κ3) is 3.04. The number of fused-ring (bicyclic) bond motifs is 1. The Kier molecular flexibility index (Phi) is 4.51. The van der Waals surface area contributed by atoms with E-state index in [1.54, 1.807) is 0 Å². The average molecular weight is 319 g/mol. The molecule has 1 unspecified atom stereocenters. The molecule has 0 bridgehead atoms. The van der Waals surface area contributed by atoms with Crippen molar-refractivity contribution in [2.75, 3.05) is 18.1 Å². The summed E-state index contributed by atoms with van der Waals surface area (Å²) in [4.78, 5) is 12.8. The van der Waals surface area contributed by atoms with Crippen LogP contribution in [-0.4, -0.2) is 34.7 Å². The molecule has 2 N–H and O–H groups in total. The minimum absolute atomic E-state index is 0.0614. The molecule has 1 heterocycles. The van der Waals surface area contributed by atoms with Gasteiger partial charge in [-0.2, -0.15) is 11.8 Å². The van der Waals surface area contributed by atoms with Gasteiger partial charge in [-0.3, -0.25) is 4.79 Å². The second-order valence-corrected chi connectivity index (χ2v) is 8.09. The lowest BCUT2D eigenvalue weighted by Crippen LogP contribution is -2.51. The second-order valence-electron chi connectivity index (χ2n) is 6.86. The zero-order valence-corrected chi connectivity index (χ0v) is 14.0. The van der Waals surface area contributed by atoms with Gasteiger partial charge >= 0.3 is 0 Å². The van der Waals surface area contributed by atoms with Gasteiger partial charge in [0.05, 0.1) is 11.0 Å². The first-order valence-corrected chi connectivity index (χ1v) is 9.36.